The number of nitrogens with one attached hydrogen (secondary N) is 1. The molecule has 2 aromatic carbocycles. The van der Waals surface area contributed by atoms with Crippen LogP contribution >= 0.6 is 11.6 Å². The van der Waals surface area contributed by atoms with E-state index in [9.17, 15) is 14.0 Å². The number of amides is 2. The van der Waals surface area contributed by atoms with Crippen molar-refractivity contribution in [1.29, 1.82) is 0 Å². The first-order chi connectivity index (χ1) is 16.0. The fraction of sp³-hybridized carbons (Fsp3) is 0.440. The van der Waals surface area contributed by atoms with E-state index >= 15 is 0 Å². The van der Waals surface area contributed by atoms with Gasteiger partial charge in [0.15, 0.2) is 0 Å². The third-order valence-corrected chi connectivity index (χ3v) is 6.63. The fourth-order valence-corrected chi connectivity index (χ4v) is 4.65. The highest BCUT2D eigenvalue weighted by Crippen LogP contribution is 2.23. The first-order valence-electron chi connectivity index (χ1n) is 11.4. The molecule has 2 atom stereocenters. The number of hydrogen-bond donors (Lipinski definition) is 1. The molecule has 0 aliphatic carbocycles. The minimum atomic E-state index is -0.281. The molecule has 33 heavy (non-hydrogen) atoms. The SMILES string of the molecule is O=C(NCC(c1ccc(F)cc1)N1CCOCC1)C1CCCN(C(=O)c2ccc(Cl)cc2)C1. The summed E-state index contributed by atoms with van der Waals surface area (Å²) in [5, 5.41) is 3.68. The van der Waals surface area contributed by atoms with Crippen LogP contribution in [0.5, 0.6) is 0 Å². The van der Waals surface area contributed by atoms with Gasteiger partial charge in [-0.1, -0.05) is 23.7 Å². The summed E-state index contributed by atoms with van der Waals surface area (Å²) < 4.78 is 18.9. The molecule has 2 aliphatic heterocycles. The summed E-state index contributed by atoms with van der Waals surface area (Å²) in [5.74, 6) is -0.671. The van der Waals surface area contributed by atoms with Crippen LogP contribution in [-0.4, -0.2) is 67.6 Å². The molecule has 2 fully saturated rings. The van der Waals surface area contributed by atoms with Gasteiger partial charge in [0.05, 0.1) is 25.2 Å². The molecule has 1 N–H and O–H groups in total. The molecule has 2 amide bonds. The Bertz CT molecular complexity index is 948. The molecule has 2 saturated heterocycles. The lowest BCUT2D eigenvalue weighted by molar-refractivity contribution is -0.126. The van der Waals surface area contributed by atoms with Crippen LogP contribution in [0.25, 0.3) is 0 Å². The van der Waals surface area contributed by atoms with Crippen molar-refractivity contribution in [2.75, 3.05) is 45.9 Å². The average Bonchev–Trinajstić information content (AvgIpc) is 2.86. The number of piperidine rings is 1. The molecule has 2 aromatic rings. The highest BCUT2D eigenvalue weighted by Gasteiger charge is 2.30. The van der Waals surface area contributed by atoms with E-state index in [0.717, 1.165) is 31.5 Å². The lowest BCUT2D eigenvalue weighted by Crippen LogP contribution is -2.48. The van der Waals surface area contributed by atoms with Crippen molar-refractivity contribution < 1.29 is 18.7 Å². The number of rotatable bonds is 6. The zero-order valence-electron chi connectivity index (χ0n) is 18.5. The van der Waals surface area contributed by atoms with Crippen LogP contribution in [0.4, 0.5) is 4.39 Å². The average molecular weight is 474 g/mol. The van der Waals surface area contributed by atoms with E-state index < -0.39 is 0 Å². The number of nitrogens with zero attached hydrogens (tertiary/aromatic N) is 2. The van der Waals surface area contributed by atoms with Gasteiger partial charge in [-0.05, 0) is 54.8 Å². The number of carbonyl (C=O) groups excluding carboxylic acids is 2. The van der Waals surface area contributed by atoms with Gasteiger partial charge in [0, 0.05) is 43.3 Å². The third-order valence-electron chi connectivity index (χ3n) is 6.38. The number of morpholine rings is 1. The van der Waals surface area contributed by atoms with Gasteiger partial charge < -0.3 is 15.0 Å². The molecule has 0 bridgehead atoms. The molecule has 8 heteroatoms. The quantitative estimate of drug-likeness (QED) is 0.697. The lowest BCUT2D eigenvalue weighted by atomic mass is 9.96. The Hall–Kier alpha value is -2.48. The van der Waals surface area contributed by atoms with Gasteiger partial charge in [-0.3, -0.25) is 14.5 Å². The van der Waals surface area contributed by atoms with Gasteiger partial charge >= 0.3 is 0 Å². The Morgan fingerprint density at radius 1 is 1.06 bits per heavy atom. The summed E-state index contributed by atoms with van der Waals surface area (Å²) in [4.78, 5) is 29.9. The Balaban J connectivity index is 1.38. The smallest absolute Gasteiger partial charge is 0.253 e. The topological polar surface area (TPSA) is 61.9 Å². The van der Waals surface area contributed by atoms with Gasteiger partial charge in [0.2, 0.25) is 5.91 Å². The highest BCUT2D eigenvalue weighted by atomic mass is 35.5. The lowest BCUT2D eigenvalue weighted by Gasteiger charge is -2.36. The van der Waals surface area contributed by atoms with E-state index in [0.29, 0.717) is 43.4 Å². The second-order valence-corrected chi connectivity index (χ2v) is 8.99. The zero-order chi connectivity index (χ0) is 23.2. The third kappa shape index (κ3) is 6.10. The van der Waals surface area contributed by atoms with Crippen LogP contribution in [0.2, 0.25) is 5.02 Å². The Morgan fingerprint density at radius 2 is 1.76 bits per heavy atom. The number of halogens is 2. The first kappa shape index (κ1) is 23.7. The maximum absolute atomic E-state index is 13.5. The molecule has 0 spiro atoms. The summed E-state index contributed by atoms with van der Waals surface area (Å²) in [7, 11) is 0. The van der Waals surface area contributed by atoms with Crippen LogP contribution < -0.4 is 5.32 Å². The Morgan fingerprint density at radius 3 is 2.45 bits per heavy atom. The summed E-state index contributed by atoms with van der Waals surface area (Å²) in [6.45, 7) is 4.23. The van der Waals surface area contributed by atoms with Crippen LogP contribution in [0.3, 0.4) is 0 Å². The Labute approximate surface area is 198 Å². The molecule has 2 aliphatic rings. The summed E-state index contributed by atoms with van der Waals surface area (Å²) in [5.41, 5.74) is 1.53. The van der Waals surface area contributed by atoms with E-state index in [1.165, 1.54) is 12.1 Å². The molecule has 2 heterocycles. The molecule has 4 rings (SSSR count). The van der Waals surface area contributed by atoms with E-state index in [-0.39, 0.29) is 29.6 Å². The molecule has 0 radical (unpaired) electrons. The number of benzene rings is 2. The minimum absolute atomic E-state index is 0.0519. The monoisotopic (exact) mass is 473 g/mol. The molecular formula is C25H29ClFN3O3. The second kappa shape index (κ2) is 11.1. The van der Waals surface area contributed by atoms with Crippen molar-refractivity contribution in [3.8, 4) is 0 Å². The number of hydrogen-bond acceptors (Lipinski definition) is 4. The maximum Gasteiger partial charge on any atom is 0.253 e. The van der Waals surface area contributed by atoms with Crippen LogP contribution in [0.15, 0.2) is 48.5 Å². The van der Waals surface area contributed by atoms with Crippen molar-refractivity contribution in [2.45, 2.75) is 18.9 Å². The predicted octanol–water partition coefficient (Wildman–Crippen LogP) is 3.52. The number of likely N-dealkylation sites (tertiary alicyclic amines) is 1. The van der Waals surface area contributed by atoms with Gasteiger partial charge in [0.25, 0.3) is 5.91 Å². The Kier molecular flexibility index (Phi) is 7.96. The van der Waals surface area contributed by atoms with Crippen LogP contribution in [0, 0.1) is 11.7 Å². The van der Waals surface area contributed by atoms with Crippen LogP contribution in [0.1, 0.15) is 34.8 Å². The molecule has 2 unspecified atom stereocenters. The van der Waals surface area contributed by atoms with Crippen LogP contribution in [-0.2, 0) is 9.53 Å². The predicted molar refractivity (Wildman–Crippen MR) is 125 cm³/mol. The largest absolute Gasteiger partial charge is 0.379 e. The molecular weight excluding hydrogens is 445 g/mol. The maximum atomic E-state index is 13.5. The normalized spacial score (nSPS) is 20.3. The number of carbonyl (C=O) groups is 2. The van der Waals surface area contributed by atoms with E-state index in [1.54, 1.807) is 41.3 Å². The fourth-order valence-electron chi connectivity index (χ4n) is 4.52. The zero-order valence-corrected chi connectivity index (χ0v) is 19.3. The van der Waals surface area contributed by atoms with Gasteiger partial charge in [-0.15, -0.1) is 0 Å². The van der Waals surface area contributed by atoms with E-state index in [4.69, 9.17) is 16.3 Å². The van der Waals surface area contributed by atoms with Gasteiger partial charge in [0.1, 0.15) is 5.82 Å². The summed E-state index contributed by atoms with van der Waals surface area (Å²) >= 11 is 5.93. The van der Waals surface area contributed by atoms with Gasteiger partial charge in [-0.25, -0.2) is 4.39 Å². The first-order valence-corrected chi connectivity index (χ1v) is 11.8. The number of ether oxygens (including phenoxy) is 1. The molecule has 176 valence electrons. The van der Waals surface area contributed by atoms with Crippen molar-refractivity contribution in [1.82, 2.24) is 15.1 Å². The minimum Gasteiger partial charge on any atom is -0.379 e. The summed E-state index contributed by atoms with van der Waals surface area (Å²) in [6, 6.07) is 13.2. The van der Waals surface area contributed by atoms with Crippen molar-refractivity contribution in [3.63, 3.8) is 0 Å². The van der Waals surface area contributed by atoms with E-state index in [2.05, 4.69) is 10.2 Å². The van der Waals surface area contributed by atoms with Crippen molar-refractivity contribution in [2.24, 2.45) is 5.92 Å². The molecule has 6 nitrogen and oxygen atoms in total. The van der Waals surface area contributed by atoms with E-state index in [1.807, 2.05) is 0 Å². The molecule has 0 saturated carbocycles. The standard InChI is InChI=1S/C25H29ClFN3O3/c26-21-7-3-19(4-8-21)25(32)30-11-1-2-20(17-30)24(31)28-16-23(29-12-14-33-15-13-29)18-5-9-22(27)10-6-18/h3-10,20,23H,1-2,11-17H2,(H,28,31). The van der Waals surface area contributed by atoms with Crippen molar-refractivity contribution >= 4 is 23.4 Å². The highest BCUT2D eigenvalue weighted by molar-refractivity contribution is 6.30. The second-order valence-electron chi connectivity index (χ2n) is 8.56. The van der Waals surface area contributed by atoms with Crippen molar-refractivity contribution in [3.05, 3.63) is 70.5 Å². The molecule has 0 aromatic heterocycles. The summed E-state index contributed by atoms with van der Waals surface area (Å²) in [6.07, 6.45) is 1.53. The van der Waals surface area contributed by atoms with Gasteiger partial charge in [-0.2, -0.15) is 0 Å².